The average molecular weight is 208 g/mol. The number of hydrogen-bond acceptors (Lipinski definition) is 2. The zero-order valence-electron chi connectivity index (χ0n) is 8.29. The highest BCUT2D eigenvalue weighted by Gasteiger charge is 2.19. The van der Waals surface area contributed by atoms with Gasteiger partial charge in [0, 0.05) is 6.42 Å². The number of nitrogen functional groups attached to an aromatic ring is 1. The van der Waals surface area contributed by atoms with Crippen molar-refractivity contribution in [2.75, 3.05) is 5.73 Å². The van der Waals surface area contributed by atoms with Crippen molar-refractivity contribution in [3.63, 3.8) is 0 Å². The van der Waals surface area contributed by atoms with Gasteiger partial charge in [-0.3, -0.25) is 4.79 Å². The highest BCUT2D eigenvalue weighted by atomic mass is 19.1. The molecule has 3 nitrogen and oxygen atoms in total. The van der Waals surface area contributed by atoms with E-state index in [0.717, 1.165) is 18.4 Å². The van der Waals surface area contributed by atoms with Gasteiger partial charge in [0.25, 0.3) is 0 Å². The van der Waals surface area contributed by atoms with Crippen molar-refractivity contribution in [3.05, 3.63) is 29.6 Å². The van der Waals surface area contributed by atoms with Gasteiger partial charge in [-0.05, 0) is 30.5 Å². The van der Waals surface area contributed by atoms with E-state index >= 15 is 0 Å². The van der Waals surface area contributed by atoms with E-state index in [1.54, 1.807) is 12.1 Å². The van der Waals surface area contributed by atoms with Gasteiger partial charge in [0.1, 0.15) is 5.82 Å². The molecule has 15 heavy (non-hydrogen) atoms. The van der Waals surface area contributed by atoms with Crippen LogP contribution >= 0.6 is 0 Å². The molecule has 0 radical (unpaired) electrons. The van der Waals surface area contributed by atoms with Crippen LogP contribution in [0.25, 0.3) is 0 Å². The van der Waals surface area contributed by atoms with Crippen molar-refractivity contribution in [1.82, 2.24) is 5.32 Å². The second kappa shape index (κ2) is 3.88. The molecule has 1 unspecified atom stereocenters. The van der Waals surface area contributed by atoms with Gasteiger partial charge in [-0.2, -0.15) is 0 Å². The first-order valence-electron chi connectivity index (χ1n) is 5.01. The Morgan fingerprint density at radius 1 is 1.47 bits per heavy atom. The number of piperidine rings is 1. The molecule has 0 aromatic heterocycles. The highest BCUT2D eigenvalue weighted by Crippen LogP contribution is 2.25. The van der Waals surface area contributed by atoms with Crippen molar-refractivity contribution < 1.29 is 9.18 Å². The van der Waals surface area contributed by atoms with E-state index in [9.17, 15) is 9.18 Å². The molecule has 0 spiro atoms. The first kappa shape index (κ1) is 9.96. The lowest BCUT2D eigenvalue weighted by atomic mass is 9.97. The van der Waals surface area contributed by atoms with E-state index in [0.29, 0.717) is 6.42 Å². The van der Waals surface area contributed by atoms with Crippen LogP contribution < -0.4 is 11.1 Å². The van der Waals surface area contributed by atoms with Crippen molar-refractivity contribution >= 4 is 11.6 Å². The molecule has 4 heteroatoms. The quantitative estimate of drug-likeness (QED) is 0.691. The minimum absolute atomic E-state index is 0.0193. The predicted molar refractivity (Wildman–Crippen MR) is 55.5 cm³/mol. The smallest absolute Gasteiger partial charge is 0.220 e. The summed E-state index contributed by atoms with van der Waals surface area (Å²) in [5, 5.41) is 2.86. The van der Waals surface area contributed by atoms with Gasteiger partial charge < -0.3 is 11.1 Å². The van der Waals surface area contributed by atoms with Gasteiger partial charge >= 0.3 is 0 Å². The third kappa shape index (κ3) is 2.09. The van der Waals surface area contributed by atoms with Gasteiger partial charge in [0.05, 0.1) is 11.7 Å². The monoisotopic (exact) mass is 208 g/mol. The standard InChI is InChI=1S/C11H13FN2O/c12-8-5-4-7(6-9(8)13)10-2-1-3-11(15)14-10/h4-6,10H,1-3,13H2,(H,14,15). The molecule has 1 atom stereocenters. The van der Waals surface area contributed by atoms with E-state index in [-0.39, 0.29) is 17.6 Å². The van der Waals surface area contributed by atoms with Gasteiger partial charge in [-0.15, -0.1) is 0 Å². The van der Waals surface area contributed by atoms with Crippen molar-refractivity contribution in [2.45, 2.75) is 25.3 Å². The minimum Gasteiger partial charge on any atom is -0.396 e. The topological polar surface area (TPSA) is 55.1 Å². The zero-order chi connectivity index (χ0) is 10.8. The molecule has 2 rings (SSSR count). The van der Waals surface area contributed by atoms with E-state index in [1.807, 2.05) is 0 Å². The average Bonchev–Trinajstić information content (AvgIpc) is 2.22. The molecule has 1 aliphatic rings. The summed E-state index contributed by atoms with van der Waals surface area (Å²) in [6.45, 7) is 0. The number of rotatable bonds is 1. The van der Waals surface area contributed by atoms with Crippen LogP contribution in [-0.4, -0.2) is 5.91 Å². The maximum Gasteiger partial charge on any atom is 0.220 e. The number of hydrogen-bond donors (Lipinski definition) is 2. The van der Waals surface area contributed by atoms with E-state index < -0.39 is 5.82 Å². The molecule has 1 saturated heterocycles. The largest absolute Gasteiger partial charge is 0.396 e. The second-order valence-corrected chi connectivity index (χ2v) is 3.79. The molecule has 0 saturated carbocycles. The summed E-state index contributed by atoms with van der Waals surface area (Å²) in [5.74, 6) is -0.366. The Labute approximate surface area is 87.5 Å². The number of anilines is 1. The molecular formula is C11H13FN2O. The molecule has 1 amide bonds. The fraction of sp³-hybridized carbons (Fsp3) is 0.364. The number of carbonyl (C=O) groups is 1. The van der Waals surface area contributed by atoms with Crippen LogP contribution in [0.2, 0.25) is 0 Å². The lowest BCUT2D eigenvalue weighted by Gasteiger charge is -2.23. The number of nitrogens with one attached hydrogen (secondary N) is 1. The van der Waals surface area contributed by atoms with Crippen LogP contribution in [0, 0.1) is 5.82 Å². The minimum atomic E-state index is -0.416. The molecule has 0 aliphatic carbocycles. The van der Waals surface area contributed by atoms with Crippen LogP contribution in [0.15, 0.2) is 18.2 Å². The third-order valence-electron chi connectivity index (χ3n) is 2.65. The Morgan fingerprint density at radius 3 is 2.93 bits per heavy atom. The summed E-state index contributed by atoms with van der Waals surface area (Å²) in [6.07, 6.45) is 2.33. The Balaban J connectivity index is 2.21. The maximum atomic E-state index is 12.9. The molecular weight excluding hydrogens is 195 g/mol. The second-order valence-electron chi connectivity index (χ2n) is 3.79. The Hall–Kier alpha value is -1.58. The summed E-state index contributed by atoms with van der Waals surface area (Å²) >= 11 is 0. The Morgan fingerprint density at radius 2 is 2.27 bits per heavy atom. The zero-order valence-corrected chi connectivity index (χ0v) is 8.29. The van der Waals surface area contributed by atoms with Gasteiger partial charge in [-0.1, -0.05) is 6.07 Å². The van der Waals surface area contributed by atoms with Crippen molar-refractivity contribution in [3.8, 4) is 0 Å². The molecule has 1 fully saturated rings. The summed E-state index contributed by atoms with van der Waals surface area (Å²) in [5.41, 5.74) is 6.48. The van der Waals surface area contributed by atoms with Crippen LogP contribution in [0.4, 0.5) is 10.1 Å². The number of halogens is 1. The summed E-state index contributed by atoms with van der Waals surface area (Å²) < 4.78 is 12.9. The highest BCUT2D eigenvalue weighted by molar-refractivity contribution is 5.77. The number of nitrogens with two attached hydrogens (primary N) is 1. The van der Waals surface area contributed by atoms with Crippen LogP contribution in [0.3, 0.4) is 0 Å². The van der Waals surface area contributed by atoms with Gasteiger partial charge in [-0.25, -0.2) is 4.39 Å². The van der Waals surface area contributed by atoms with E-state index in [1.165, 1.54) is 6.07 Å². The first-order valence-corrected chi connectivity index (χ1v) is 5.01. The third-order valence-corrected chi connectivity index (χ3v) is 2.65. The first-order chi connectivity index (χ1) is 7.16. The summed E-state index contributed by atoms with van der Waals surface area (Å²) in [7, 11) is 0. The maximum absolute atomic E-state index is 12.9. The lowest BCUT2D eigenvalue weighted by molar-refractivity contribution is -0.123. The fourth-order valence-electron chi connectivity index (χ4n) is 1.83. The number of amides is 1. The van der Waals surface area contributed by atoms with Crippen LogP contribution in [-0.2, 0) is 4.79 Å². The Kier molecular flexibility index (Phi) is 2.58. The normalized spacial score (nSPS) is 21.1. The molecule has 3 N–H and O–H groups in total. The molecule has 1 aliphatic heterocycles. The Bertz CT molecular complexity index is 392. The molecule has 1 heterocycles. The molecule has 80 valence electrons. The van der Waals surface area contributed by atoms with Crippen LogP contribution in [0.1, 0.15) is 30.9 Å². The van der Waals surface area contributed by atoms with Gasteiger partial charge in [0.15, 0.2) is 0 Å². The molecule has 1 aromatic rings. The number of carbonyl (C=O) groups excluding carboxylic acids is 1. The molecule has 1 aromatic carbocycles. The fourth-order valence-corrected chi connectivity index (χ4v) is 1.83. The van der Waals surface area contributed by atoms with Gasteiger partial charge in [0.2, 0.25) is 5.91 Å². The lowest BCUT2D eigenvalue weighted by Crippen LogP contribution is -2.32. The van der Waals surface area contributed by atoms with Crippen molar-refractivity contribution in [2.24, 2.45) is 0 Å². The summed E-state index contributed by atoms with van der Waals surface area (Å²) in [4.78, 5) is 11.2. The SMILES string of the molecule is Nc1cc(C2CCCC(=O)N2)ccc1F. The van der Waals surface area contributed by atoms with E-state index in [2.05, 4.69) is 5.32 Å². The number of benzene rings is 1. The predicted octanol–water partition coefficient (Wildman–Crippen LogP) is 1.75. The van der Waals surface area contributed by atoms with Crippen molar-refractivity contribution in [1.29, 1.82) is 0 Å². The van der Waals surface area contributed by atoms with Crippen LogP contribution in [0.5, 0.6) is 0 Å². The molecule has 0 bridgehead atoms. The van der Waals surface area contributed by atoms with E-state index in [4.69, 9.17) is 5.73 Å². The summed E-state index contributed by atoms with van der Waals surface area (Å²) in [6, 6.07) is 4.58.